The first kappa shape index (κ1) is 20.4. The molecule has 0 aromatic carbocycles. The number of rotatable bonds is 6. The van der Waals surface area contributed by atoms with Gasteiger partial charge in [-0.3, -0.25) is 14.4 Å². The van der Waals surface area contributed by atoms with E-state index < -0.39 is 11.6 Å². The molecule has 0 spiro atoms. The van der Waals surface area contributed by atoms with E-state index >= 15 is 0 Å². The predicted octanol–water partition coefficient (Wildman–Crippen LogP) is 3.12. The van der Waals surface area contributed by atoms with E-state index in [1.165, 1.54) is 0 Å². The Bertz CT molecular complexity index is 736. The lowest BCUT2D eigenvalue weighted by atomic mass is 9.78. The fraction of sp³-hybridized carbons (Fsp3) is 0.682. The molecule has 0 unspecified atom stereocenters. The first-order valence-electron chi connectivity index (χ1n) is 11.0. The zero-order valence-electron chi connectivity index (χ0n) is 17.0. The molecule has 7 heteroatoms. The molecule has 1 saturated heterocycles. The highest BCUT2D eigenvalue weighted by molar-refractivity contribution is 7.09. The van der Waals surface area contributed by atoms with Crippen LogP contribution in [0.2, 0.25) is 0 Å². The summed E-state index contributed by atoms with van der Waals surface area (Å²) >= 11 is 1.61. The van der Waals surface area contributed by atoms with Crippen molar-refractivity contribution >= 4 is 29.1 Å². The molecule has 158 valence electrons. The average molecular weight is 418 g/mol. The van der Waals surface area contributed by atoms with Gasteiger partial charge in [-0.25, -0.2) is 0 Å². The molecule has 0 bridgehead atoms. The zero-order chi connectivity index (χ0) is 20.3. The van der Waals surface area contributed by atoms with E-state index in [4.69, 9.17) is 0 Å². The summed E-state index contributed by atoms with van der Waals surface area (Å²) in [5, 5.41) is 8.11. The maximum Gasteiger partial charge on any atom is 0.246 e. The summed E-state index contributed by atoms with van der Waals surface area (Å²) in [5.41, 5.74) is -0.810. The van der Waals surface area contributed by atoms with E-state index in [2.05, 4.69) is 10.6 Å². The van der Waals surface area contributed by atoms with Gasteiger partial charge in [0.1, 0.15) is 11.6 Å². The molecule has 3 aliphatic rings. The minimum Gasteiger partial charge on any atom is -0.351 e. The molecule has 1 aromatic rings. The monoisotopic (exact) mass is 417 g/mol. The van der Waals surface area contributed by atoms with E-state index in [0.717, 1.165) is 49.8 Å². The molecule has 29 heavy (non-hydrogen) atoms. The second-order valence-corrected chi connectivity index (χ2v) is 9.74. The highest BCUT2D eigenvalue weighted by atomic mass is 32.1. The van der Waals surface area contributed by atoms with Crippen molar-refractivity contribution in [3.63, 3.8) is 0 Å². The number of nitrogens with one attached hydrogen (secondary N) is 2. The molecule has 1 atom stereocenters. The Morgan fingerprint density at radius 2 is 1.90 bits per heavy atom. The van der Waals surface area contributed by atoms with Crippen molar-refractivity contribution in [3.05, 3.63) is 22.4 Å². The van der Waals surface area contributed by atoms with Gasteiger partial charge in [0.2, 0.25) is 17.7 Å². The summed E-state index contributed by atoms with van der Waals surface area (Å²) in [4.78, 5) is 41.9. The number of hydrogen-bond donors (Lipinski definition) is 2. The molecule has 4 rings (SSSR count). The van der Waals surface area contributed by atoms with Gasteiger partial charge in [-0.2, -0.15) is 0 Å². The SMILES string of the molecule is O=C1CC[C@H](C(=O)N(Cc2cccs2)C2(C(=O)NC3CCCC3)CCCCC2)N1. The molecule has 3 fully saturated rings. The van der Waals surface area contributed by atoms with E-state index in [1.807, 2.05) is 22.4 Å². The van der Waals surface area contributed by atoms with Gasteiger partial charge in [0.05, 0.1) is 6.54 Å². The first-order chi connectivity index (χ1) is 14.1. The van der Waals surface area contributed by atoms with Crippen LogP contribution in [0.25, 0.3) is 0 Å². The van der Waals surface area contributed by atoms with Crippen LogP contribution in [0, 0.1) is 0 Å². The highest BCUT2D eigenvalue weighted by Gasteiger charge is 2.49. The van der Waals surface area contributed by atoms with Gasteiger partial charge in [-0.1, -0.05) is 38.2 Å². The molecule has 2 aliphatic carbocycles. The van der Waals surface area contributed by atoms with E-state index in [0.29, 0.717) is 32.2 Å². The summed E-state index contributed by atoms with van der Waals surface area (Å²) in [6.45, 7) is 0.432. The second kappa shape index (κ2) is 8.86. The summed E-state index contributed by atoms with van der Waals surface area (Å²) in [6, 6.07) is 3.71. The molecule has 3 amide bonds. The number of amides is 3. The van der Waals surface area contributed by atoms with Gasteiger partial charge in [-0.15, -0.1) is 11.3 Å². The second-order valence-electron chi connectivity index (χ2n) is 8.71. The van der Waals surface area contributed by atoms with Crippen molar-refractivity contribution in [2.45, 2.75) is 94.8 Å². The number of carbonyl (C=O) groups excluding carboxylic acids is 3. The largest absolute Gasteiger partial charge is 0.351 e. The Hall–Kier alpha value is -1.89. The smallest absolute Gasteiger partial charge is 0.246 e. The van der Waals surface area contributed by atoms with Crippen molar-refractivity contribution in [3.8, 4) is 0 Å². The van der Waals surface area contributed by atoms with Crippen LogP contribution in [-0.2, 0) is 20.9 Å². The van der Waals surface area contributed by atoms with Gasteiger partial charge >= 0.3 is 0 Å². The van der Waals surface area contributed by atoms with E-state index in [-0.39, 0.29) is 23.8 Å². The molecule has 1 aromatic heterocycles. The number of thiophene rings is 1. The fourth-order valence-electron chi connectivity index (χ4n) is 5.13. The van der Waals surface area contributed by atoms with Crippen LogP contribution in [0.15, 0.2) is 17.5 Å². The van der Waals surface area contributed by atoms with Crippen LogP contribution < -0.4 is 10.6 Å². The molecule has 6 nitrogen and oxygen atoms in total. The van der Waals surface area contributed by atoms with Gasteiger partial charge in [0.15, 0.2) is 0 Å². The summed E-state index contributed by atoms with van der Waals surface area (Å²) in [5.74, 6) is -0.168. The van der Waals surface area contributed by atoms with Gasteiger partial charge in [-0.05, 0) is 43.6 Å². The first-order valence-corrected chi connectivity index (χ1v) is 11.9. The van der Waals surface area contributed by atoms with Crippen LogP contribution in [-0.4, -0.2) is 40.2 Å². The van der Waals surface area contributed by atoms with Crippen molar-refractivity contribution in [2.75, 3.05) is 0 Å². The normalized spacial score (nSPS) is 24.3. The Kier molecular flexibility index (Phi) is 6.23. The lowest BCUT2D eigenvalue weighted by Gasteiger charge is -2.46. The summed E-state index contributed by atoms with van der Waals surface area (Å²) in [6.07, 6.45) is 9.65. The third-order valence-corrected chi connectivity index (χ3v) is 7.63. The quantitative estimate of drug-likeness (QED) is 0.746. The maximum atomic E-state index is 13.6. The molecule has 2 heterocycles. The summed E-state index contributed by atoms with van der Waals surface area (Å²) < 4.78 is 0. The van der Waals surface area contributed by atoms with Gasteiger partial charge < -0.3 is 15.5 Å². The number of hydrogen-bond acceptors (Lipinski definition) is 4. The lowest BCUT2D eigenvalue weighted by Crippen LogP contribution is -2.64. The van der Waals surface area contributed by atoms with E-state index in [9.17, 15) is 14.4 Å². The summed E-state index contributed by atoms with van der Waals surface area (Å²) in [7, 11) is 0. The molecular formula is C22H31N3O3S. The van der Waals surface area contributed by atoms with Crippen LogP contribution in [0.5, 0.6) is 0 Å². The molecular weight excluding hydrogens is 386 g/mol. The molecule has 0 radical (unpaired) electrons. The van der Waals surface area contributed by atoms with Crippen molar-refractivity contribution < 1.29 is 14.4 Å². The average Bonchev–Trinajstić information content (AvgIpc) is 3.49. The Labute approximate surface area is 176 Å². The number of carbonyl (C=O) groups is 3. The minimum atomic E-state index is -0.810. The third kappa shape index (κ3) is 4.34. The van der Waals surface area contributed by atoms with Crippen molar-refractivity contribution in [2.24, 2.45) is 0 Å². The molecule has 2 N–H and O–H groups in total. The zero-order valence-corrected chi connectivity index (χ0v) is 17.8. The Balaban J connectivity index is 1.64. The van der Waals surface area contributed by atoms with Crippen LogP contribution in [0.3, 0.4) is 0 Å². The van der Waals surface area contributed by atoms with Crippen LogP contribution in [0.4, 0.5) is 0 Å². The Morgan fingerprint density at radius 3 is 2.52 bits per heavy atom. The Morgan fingerprint density at radius 1 is 1.14 bits per heavy atom. The maximum absolute atomic E-state index is 13.6. The lowest BCUT2D eigenvalue weighted by molar-refractivity contribution is -0.153. The van der Waals surface area contributed by atoms with Gasteiger partial charge in [0.25, 0.3) is 0 Å². The van der Waals surface area contributed by atoms with Gasteiger partial charge in [0, 0.05) is 17.3 Å². The molecule has 1 aliphatic heterocycles. The minimum absolute atomic E-state index is 0.0123. The predicted molar refractivity (Wildman–Crippen MR) is 112 cm³/mol. The van der Waals surface area contributed by atoms with Crippen LogP contribution in [0.1, 0.15) is 75.5 Å². The van der Waals surface area contributed by atoms with E-state index in [1.54, 1.807) is 11.3 Å². The third-order valence-electron chi connectivity index (χ3n) is 6.76. The topological polar surface area (TPSA) is 78.5 Å². The molecule has 2 saturated carbocycles. The van der Waals surface area contributed by atoms with Crippen molar-refractivity contribution in [1.82, 2.24) is 15.5 Å². The number of nitrogens with zero attached hydrogens (tertiary/aromatic N) is 1. The highest BCUT2D eigenvalue weighted by Crippen LogP contribution is 2.37. The fourth-order valence-corrected chi connectivity index (χ4v) is 5.82. The van der Waals surface area contributed by atoms with Crippen molar-refractivity contribution in [1.29, 1.82) is 0 Å². The van der Waals surface area contributed by atoms with Crippen LogP contribution >= 0.6 is 11.3 Å². The standard InChI is InChI=1S/C22H31N3O3S/c26-19-11-10-18(24-19)20(27)25(15-17-9-6-14-29-17)22(12-4-1-5-13-22)21(28)23-16-7-2-3-8-16/h6,9,14,16,18H,1-5,7-8,10-13,15H2,(H,23,28)(H,24,26)/t18-/m1/s1.